The number of carboxylic acids is 1. The number of piperazine rings is 1. The van der Waals surface area contributed by atoms with Gasteiger partial charge in [0.2, 0.25) is 11.8 Å². The number of nitrogens with one attached hydrogen (secondary N) is 1. The van der Waals surface area contributed by atoms with Crippen LogP contribution in [0.15, 0.2) is 11.8 Å². The number of amides is 2. The van der Waals surface area contributed by atoms with Crippen molar-refractivity contribution in [3.63, 3.8) is 0 Å². The zero-order valence-electron chi connectivity index (χ0n) is 11.5. The molecule has 0 aromatic heterocycles. The first-order valence-corrected chi connectivity index (χ1v) is 6.68. The molecule has 0 bridgehead atoms. The summed E-state index contributed by atoms with van der Waals surface area (Å²) in [7, 11) is 1.69. The summed E-state index contributed by atoms with van der Waals surface area (Å²) in [5.41, 5.74) is 0.975. The van der Waals surface area contributed by atoms with Gasteiger partial charge in [-0.25, -0.2) is 0 Å². The van der Waals surface area contributed by atoms with Crippen LogP contribution in [-0.4, -0.2) is 65.4 Å². The molecular weight excluding hydrogens is 262 g/mol. The lowest BCUT2D eigenvalue weighted by Gasteiger charge is -2.33. The van der Waals surface area contributed by atoms with Crippen molar-refractivity contribution in [2.75, 3.05) is 26.7 Å². The van der Waals surface area contributed by atoms with Crippen molar-refractivity contribution in [2.45, 2.75) is 25.3 Å². The second kappa shape index (κ2) is 6.04. The van der Waals surface area contributed by atoms with Crippen LogP contribution in [0.5, 0.6) is 0 Å². The number of hydrogen-bond acceptors (Lipinski definition) is 4. The van der Waals surface area contributed by atoms with Gasteiger partial charge in [-0.1, -0.05) is 6.08 Å². The van der Waals surface area contributed by atoms with E-state index in [1.54, 1.807) is 11.9 Å². The first kappa shape index (κ1) is 14.5. The SMILES string of the molecule is CN(C(=O)CN1CC(=O)NCC1C(=O)O)C1=CCCC1. The molecule has 2 aliphatic rings. The molecule has 2 amide bonds. The van der Waals surface area contributed by atoms with E-state index >= 15 is 0 Å². The third-order valence-electron chi connectivity index (χ3n) is 3.73. The molecule has 1 aliphatic heterocycles. The third-order valence-corrected chi connectivity index (χ3v) is 3.73. The number of likely N-dealkylation sites (N-methyl/N-ethyl adjacent to an activating group) is 1. The Kier molecular flexibility index (Phi) is 4.39. The van der Waals surface area contributed by atoms with Crippen molar-refractivity contribution in [1.29, 1.82) is 0 Å². The molecule has 0 aromatic rings. The normalized spacial score (nSPS) is 23.1. The van der Waals surface area contributed by atoms with Crippen LogP contribution < -0.4 is 5.32 Å². The number of aliphatic carboxylic acids is 1. The quantitative estimate of drug-likeness (QED) is 0.718. The van der Waals surface area contributed by atoms with Gasteiger partial charge >= 0.3 is 5.97 Å². The lowest BCUT2D eigenvalue weighted by atomic mass is 10.2. The average molecular weight is 281 g/mol. The summed E-state index contributed by atoms with van der Waals surface area (Å²) >= 11 is 0. The summed E-state index contributed by atoms with van der Waals surface area (Å²) in [6.45, 7) is -0.0817. The minimum absolute atomic E-state index is 0.0356. The molecule has 0 aromatic carbocycles. The summed E-state index contributed by atoms with van der Waals surface area (Å²) in [5.74, 6) is -1.46. The van der Waals surface area contributed by atoms with E-state index in [0.29, 0.717) is 0 Å². The van der Waals surface area contributed by atoms with Gasteiger partial charge in [0, 0.05) is 19.3 Å². The molecule has 1 aliphatic carbocycles. The molecule has 2 N–H and O–H groups in total. The molecule has 7 heteroatoms. The monoisotopic (exact) mass is 281 g/mol. The minimum Gasteiger partial charge on any atom is -0.480 e. The number of carbonyl (C=O) groups excluding carboxylic acids is 2. The van der Waals surface area contributed by atoms with Crippen LogP contribution in [0.3, 0.4) is 0 Å². The van der Waals surface area contributed by atoms with E-state index in [9.17, 15) is 14.4 Å². The van der Waals surface area contributed by atoms with Gasteiger partial charge in [0.1, 0.15) is 6.04 Å². The van der Waals surface area contributed by atoms with E-state index < -0.39 is 12.0 Å². The Bertz CT molecular complexity index is 461. The molecule has 20 heavy (non-hydrogen) atoms. The molecule has 7 nitrogen and oxygen atoms in total. The zero-order chi connectivity index (χ0) is 14.7. The molecule has 1 saturated heterocycles. The molecule has 1 fully saturated rings. The van der Waals surface area contributed by atoms with Crippen molar-refractivity contribution in [1.82, 2.24) is 15.1 Å². The van der Waals surface area contributed by atoms with Crippen LogP contribution in [-0.2, 0) is 14.4 Å². The fraction of sp³-hybridized carbons (Fsp3) is 0.615. The zero-order valence-corrected chi connectivity index (χ0v) is 11.5. The van der Waals surface area contributed by atoms with Gasteiger partial charge in [-0.15, -0.1) is 0 Å². The van der Waals surface area contributed by atoms with Crippen LogP contribution in [0.1, 0.15) is 19.3 Å². The summed E-state index contributed by atoms with van der Waals surface area (Å²) in [4.78, 5) is 37.7. The standard InChI is InChI=1S/C13H19N3O4/c1-15(9-4-2-3-5-9)12(18)8-16-7-11(17)14-6-10(16)13(19)20/h4,10H,2-3,5-8H2,1H3,(H,14,17)(H,19,20). The molecule has 0 spiro atoms. The Morgan fingerprint density at radius 2 is 2.30 bits per heavy atom. The number of carbonyl (C=O) groups is 3. The number of carboxylic acid groups (broad SMARTS) is 1. The highest BCUT2D eigenvalue weighted by atomic mass is 16.4. The highest BCUT2D eigenvalue weighted by molar-refractivity contribution is 5.86. The Morgan fingerprint density at radius 3 is 2.90 bits per heavy atom. The topological polar surface area (TPSA) is 90.0 Å². The maximum atomic E-state index is 12.2. The predicted octanol–water partition coefficient (Wildman–Crippen LogP) is -0.602. The predicted molar refractivity (Wildman–Crippen MR) is 70.7 cm³/mol. The largest absolute Gasteiger partial charge is 0.480 e. The van der Waals surface area contributed by atoms with Crippen molar-refractivity contribution in [3.8, 4) is 0 Å². The van der Waals surface area contributed by atoms with Crippen molar-refractivity contribution in [2.24, 2.45) is 0 Å². The third kappa shape index (κ3) is 3.16. The maximum Gasteiger partial charge on any atom is 0.322 e. The minimum atomic E-state index is -1.03. The summed E-state index contributed by atoms with van der Waals surface area (Å²) < 4.78 is 0. The molecule has 0 saturated carbocycles. The van der Waals surface area contributed by atoms with E-state index in [-0.39, 0.29) is 31.4 Å². The van der Waals surface area contributed by atoms with Gasteiger partial charge in [0.15, 0.2) is 0 Å². The van der Waals surface area contributed by atoms with E-state index in [4.69, 9.17) is 5.11 Å². The Balaban J connectivity index is 2.00. The van der Waals surface area contributed by atoms with Crippen LogP contribution in [0.25, 0.3) is 0 Å². The molecule has 1 unspecified atom stereocenters. The number of hydrogen-bond donors (Lipinski definition) is 2. The lowest BCUT2D eigenvalue weighted by molar-refractivity contribution is -0.147. The number of allylic oxidation sites excluding steroid dienone is 2. The van der Waals surface area contributed by atoms with Gasteiger partial charge in [-0.2, -0.15) is 0 Å². The van der Waals surface area contributed by atoms with Crippen molar-refractivity contribution < 1.29 is 19.5 Å². The molecular formula is C13H19N3O4. The van der Waals surface area contributed by atoms with Crippen molar-refractivity contribution >= 4 is 17.8 Å². The van der Waals surface area contributed by atoms with Crippen LogP contribution in [0.2, 0.25) is 0 Å². The maximum absolute atomic E-state index is 12.2. The van der Waals surface area contributed by atoms with E-state index in [1.807, 2.05) is 6.08 Å². The summed E-state index contributed by atoms with van der Waals surface area (Å²) in [6.07, 6.45) is 4.90. The molecule has 0 radical (unpaired) electrons. The van der Waals surface area contributed by atoms with Crippen molar-refractivity contribution in [3.05, 3.63) is 11.8 Å². The fourth-order valence-corrected chi connectivity index (χ4v) is 2.50. The fourth-order valence-electron chi connectivity index (χ4n) is 2.50. The average Bonchev–Trinajstić information content (AvgIpc) is 2.91. The van der Waals surface area contributed by atoms with Gasteiger partial charge < -0.3 is 15.3 Å². The number of nitrogens with zero attached hydrogens (tertiary/aromatic N) is 2. The lowest BCUT2D eigenvalue weighted by Crippen LogP contribution is -2.59. The van der Waals surface area contributed by atoms with Crippen LogP contribution in [0.4, 0.5) is 0 Å². The Labute approximate surface area is 117 Å². The molecule has 1 heterocycles. The Morgan fingerprint density at radius 1 is 1.55 bits per heavy atom. The van der Waals surface area contributed by atoms with Crippen LogP contribution in [0, 0.1) is 0 Å². The van der Waals surface area contributed by atoms with E-state index in [2.05, 4.69) is 5.32 Å². The smallest absolute Gasteiger partial charge is 0.322 e. The van der Waals surface area contributed by atoms with E-state index in [0.717, 1.165) is 25.0 Å². The van der Waals surface area contributed by atoms with Gasteiger partial charge in [0.25, 0.3) is 0 Å². The summed E-state index contributed by atoms with van der Waals surface area (Å²) in [5, 5.41) is 11.6. The number of rotatable bonds is 4. The summed E-state index contributed by atoms with van der Waals surface area (Å²) in [6, 6.07) is -0.845. The molecule has 1 atom stereocenters. The molecule has 110 valence electrons. The van der Waals surface area contributed by atoms with Gasteiger partial charge in [-0.05, 0) is 19.3 Å². The van der Waals surface area contributed by atoms with Crippen LogP contribution >= 0.6 is 0 Å². The second-order valence-electron chi connectivity index (χ2n) is 5.10. The Hall–Kier alpha value is -1.89. The van der Waals surface area contributed by atoms with Gasteiger partial charge in [0.05, 0.1) is 13.1 Å². The first-order valence-electron chi connectivity index (χ1n) is 6.68. The molecule has 2 rings (SSSR count). The van der Waals surface area contributed by atoms with Gasteiger partial charge in [-0.3, -0.25) is 19.3 Å². The van der Waals surface area contributed by atoms with E-state index in [1.165, 1.54) is 4.90 Å². The second-order valence-corrected chi connectivity index (χ2v) is 5.10. The first-order chi connectivity index (χ1) is 9.49. The highest BCUT2D eigenvalue weighted by Gasteiger charge is 2.33. The highest BCUT2D eigenvalue weighted by Crippen LogP contribution is 2.20.